The molecule has 0 bridgehead atoms. The Labute approximate surface area is 172 Å². The molecule has 1 heterocycles. The lowest BCUT2D eigenvalue weighted by atomic mass is 10.0. The number of hydrogen-bond acceptors (Lipinski definition) is 5. The molecule has 28 heavy (non-hydrogen) atoms. The van der Waals surface area contributed by atoms with E-state index in [0.717, 1.165) is 12.8 Å². The van der Waals surface area contributed by atoms with Gasteiger partial charge in [0.25, 0.3) is 0 Å². The first-order valence-electron chi connectivity index (χ1n) is 11.7. The van der Waals surface area contributed by atoms with Crippen LogP contribution in [0, 0.1) is 0 Å². The predicted octanol–water partition coefficient (Wildman–Crippen LogP) is 7.82. The van der Waals surface area contributed by atoms with Crippen molar-refractivity contribution in [1.82, 2.24) is 0 Å². The number of unbranched alkanes of at least 4 members (excludes halogenated alkanes) is 14. The summed E-state index contributed by atoms with van der Waals surface area (Å²) in [5, 5.41) is 0. The summed E-state index contributed by atoms with van der Waals surface area (Å²) < 4.78 is 10.3. The van der Waals surface area contributed by atoms with Gasteiger partial charge in [-0.15, -0.1) is 0 Å². The lowest BCUT2D eigenvalue weighted by Gasteiger charge is -2.19. The quantitative estimate of drug-likeness (QED) is 0.108. The Balaban J connectivity index is 1.85. The van der Waals surface area contributed by atoms with Crippen LogP contribution in [0.15, 0.2) is 0 Å². The van der Waals surface area contributed by atoms with Gasteiger partial charge in [-0.3, -0.25) is 0 Å². The molecule has 5 nitrogen and oxygen atoms in total. The van der Waals surface area contributed by atoms with Crippen LogP contribution in [0.1, 0.15) is 130 Å². The molecule has 5 heteroatoms. The number of ether oxygens (including phenoxy) is 2. The van der Waals surface area contributed by atoms with Gasteiger partial charge < -0.3 is 9.47 Å². The largest absolute Gasteiger partial charge is 0.513 e. The topological polar surface area (TPSA) is 60.6 Å². The van der Waals surface area contributed by atoms with Crippen molar-refractivity contribution in [2.75, 3.05) is 0 Å². The Morgan fingerprint density at radius 2 is 1.11 bits per heavy atom. The number of rotatable bonds is 17. The first-order chi connectivity index (χ1) is 13.4. The van der Waals surface area contributed by atoms with Gasteiger partial charge in [0.05, 0.1) is 0 Å². The molecule has 0 amide bonds. The Kier molecular flexibility index (Phi) is 12.8. The van der Waals surface area contributed by atoms with Crippen LogP contribution in [0.4, 0.5) is 4.79 Å². The molecule has 166 valence electrons. The van der Waals surface area contributed by atoms with Gasteiger partial charge in [-0.05, 0) is 27.2 Å². The van der Waals surface area contributed by atoms with E-state index in [9.17, 15) is 4.79 Å². The molecule has 0 spiro atoms. The van der Waals surface area contributed by atoms with Crippen molar-refractivity contribution in [3.8, 4) is 0 Å². The molecule has 1 rings (SSSR count). The molecule has 0 atom stereocenters. The summed E-state index contributed by atoms with van der Waals surface area (Å²) in [6, 6.07) is 0. The minimum atomic E-state index is -1.20. The van der Waals surface area contributed by atoms with Crippen LogP contribution in [0.3, 0.4) is 0 Å². The summed E-state index contributed by atoms with van der Waals surface area (Å²) in [6.07, 6.45) is 19.6. The van der Waals surface area contributed by atoms with Crippen LogP contribution in [0.25, 0.3) is 0 Å². The third kappa shape index (κ3) is 14.2. The average Bonchev–Trinajstić information content (AvgIpc) is 3.36. The van der Waals surface area contributed by atoms with E-state index in [1.165, 1.54) is 83.5 Å². The number of carbonyl (C=O) groups excluding carboxylic acids is 1. The lowest BCUT2D eigenvalue weighted by Crippen LogP contribution is -2.29. The first-order valence-corrected chi connectivity index (χ1v) is 11.7. The van der Waals surface area contributed by atoms with Gasteiger partial charge in [0.15, 0.2) is 0 Å². The lowest BCUT2D eigenvalue weighted by molar-refractivity contribution is -0.0751. The smallest absolute Gasteiger partial charge is 0.428 e. The van der Waals surface area contributed by atoms with Gasteiger partial charge in [-0.2, -0.15) is 9.78 Å². The van der Waals surface area contributed by atoms with Crippen molar-refractivity contribution >= 4 is 6.16 Å². The molecule has 0 aromatic rings. The zero-order valence-corrected chi connectivity index (χ0v) is 18.9. The molecule has 0 N–H and O–H groups in total. The van der Waals surface area contributed by atoms with Crippen molar-refractivity contribution in [2.45, 2.75) is 142 Å². The zero-order chi connectivity index (χ0) is 20.7. The summed E-state index contributed by atoms with van der Waals surface area (Å²) in [5.41, 5.74) is -0.582. The van der Waals surface area contributed by atoms with E-state index < -0.39 is 17.7 Å². The second-order valence-corrected chi connectivity index (χ2v) is 9.12. The normalized spacial score (nSPS) is 15.4. The van der Waals surface area contributed by atoms with E-state index in [-0.39, 0.29) is 0 Å². The fourth-order valence-corrected chi connectivity index (χ4v) is 3.33. The molecule has 1 fully saturated rings. The maximum atomic E-state index is 11.7. The van der Waals surface area contributed by atoms with Crippen molar-refractivity contribution in [3.63, 3.8) is 0 Å². The highest BCUT2D eigenvalue weighted by atomic mass is 17.5. The number of carbonyl (C=O) groups is 1. The van der Waals surface area contributed by atoms with Crippen LogP contribution in [-0.2, 0) is 19.2 Å². The molecule has 1 aliphatic heterocycles. The Morgan fingerprint density at radius 1 is 0.714 bits per heavy atom. The zero-order valence-electron chi connectivity index (χ0n) is 18.9. The minimum Gasteiger partial charge on any atom is -0.428 e. The van der Waals surface area contributed by atoms with E-state index in [0.29, 0.717) is 6.42 Å². The molecule has 0 saturated carbocycles. The average molecular weight is 401 g/mol. The Morgan fingerprint density at radius 3 is 1.46 bits per heavy atom. The summed E-state index contributed by atoms with van der Waals surface area (Å²) in [4.78, 5) is 21.4. The molecular weight excluding hydrogens is 356 g/mol. The highest BCUT2D eigenvalue weighted by molar-refractivity contribution is 5.60. The second-order valence-electron chi connectivity index (χ2n) is 9.12. The fourth-order valence-electron chi connectivity index (χ4n) is 3.33. The Hall–Kier alpha value is -0.810. The summed E-state index contributed by atoms with van der Waals surface area (Å²) >= 11 is 0. The third-order valence-corrected chi connectivity index (χ3v) is 4.98. The highest BCUT2D eigenvalue weighted by Crippen LogP contribution is 2.37. The van der Waals surface area contributed by atoms with Gasteiger partial charge in [-0.1, -0.05) is 96.8 Å². The van der Waals surface area contributed by atoms with Crippen molar-refractivity contribution in [1.29, 1.82) is 0 Å². The molecule has 0 aromatic carbocycles. The van der Waals surface area contributed by atoms with Gasteiger partial charge >= 0.3 is 12.1 Å². The molecule has 0 unspecified atom stereocenters. The maximum Gasteiger partial charge on any atom is 0.513 e. The van der Waals surface area contributed by atoms with Crippen LogP contribution < -0.4 is 0 Å². The molecular formula is C23H44O5. The van der Waals surface area contributed by atoms with E-state index in [1.807, 2.05) is 0 Å². The predicted molar refractivity (Wildman–Crippen MR) is 112 cm³/mol. The molecule has 0 aliphatic carbocycles. The molecule has 1 aliphatic rings. The minimum absolute atomic E-state index is 0.560. The van der Waals surface area contributed by atoms with Crippen LogP contribution >= 0.6 is 0 Å². The fraction of sp³-hybridized carbons (Fsp3) is 0.957. The van der Waals surface area contributed by atoms with Gasteiger partial charge in [0.1, 0.15) is 5.60 Å². The highest BCUT2D eigenvalue weighted by Gasteiger charge is 2.54. The van der Waals surface area contributed by atoms with E-state index in [2.05, 4.69) is 6.92 Å². The second kappa shape index (κ2) is 14.2. The maximum absolute atomic E-state index is 11.7. The van der Waals surface area contributed by atoms with E-state index >= 15 is 0 Å². The molecule has 0 aromatic heterocycles. The van der Waals surface area contributed by atoms with Crippen LogP contribution in [0.2, 0.25) is 0 Å². The van der Waals surface area contributed by atoms with Gasteiger partial charge in [0.2, 0.25) is 0 Å². The van der Waals surface area contributed by atoms with Crippen molar-refractivity contribution in [3.05, 3.63) is 0 Å². The van der Waals surface area contributed by atoms with E-state index in [1.54, 1.807) is 20.8 Å². The van der Waals surface area contributed by atoms with Crippen LogP contribution in [-0.4, -0.2) is 17.7 Å². The summed E-state index contributed by atoms with van der Waals surface area (Å²) in [5.74, 6) is -1.20. The van der Waals surface area contributed by atoms with Gasteiger partial charge in [0, 0.05) is 6.42 Å². The molecule has 0 radical (unpaired) electrons. The van der Waals surface area contributed by atoms with Gasteiger partial charge in [-0.25, -0.2) is 4.79 Å². The van der Waals surface area contributed by atoms with E-state index in [4.69, 9.17) is 19.2 Å². The first kappa shape index (κ1) is 25.2. The SMILES string of the molecule is CCCCCCCCCCCCCCCCCC1(OC(=O)OC(C)(C)C)OO1. The summed E-state index contributed by atoms with van der Waals surface area (Å²) in [7, 11) is 0. The monoisotopic (exact) mass is 400 g/mol. The van der Waals surface area contributed by atoms with Crippen molar-refractivity contribution < 1.29 is 24.0 Å². The molecule has 1 saturated heterocycles. The van der Waals surface area contributed by atoms with Crippen LogP contribution in [0.5, 0.6) is 0 Å². The third-order valence-electron chi connectivity index (χ3n) is 4.98. The Bertz CT molecular complexity index is 398. The number of hydrogen-bond donors (Lipinski definition) is 0. The standard InChI is InChI=1S/C23H44O5/c1-5-6-7-8-9-10-11-12-13-14-15-16-17-18-19-20-23(27-28-23)26-21(24)25-22(2,3)4/h5-20H2,1-4H3. The van der Waals surface area contributed by atoms with Crippen molar-refractivity contribution in [2.24, 2.45) is 0 Å². The summed E-state index contributed by atoms with van der Waals surface area (Å²) in [6.45, 7) is 7.66.